The molecule has 4 nitrogen and oxygen atoms in total. The van der Waals surface area contributed by atoms with E-state index < -0.39 is 10.8 Å². The Bertz CT molecular complexity index is 365. The maximum Gasteiger partial charge on any atom is 0.190 e. The fourth-order valence-electron chi connectivity index (χ4n) is 1.23. The van der Waals surface area contributed by atoms with Crippen LogP contribution in [0.25, 0.3) is 0 Å². The van der Waals surface area contributed by atoms with Crippen LogP contribution in [0.2, 0.25) is 0 Å². The standard InChI is InChI=1S/C11H17N3OS/c1-12-11(13-2)14-8-9-16(15)10-6-4-3-5-7-10/h3-7H,8-9H2,1-2H3,(H2,12,13,14). The first-order chi connectivity index (χ1) is 7.77. The maximum atomic E-state index is 11.8. The van der Waals surface area contributed by atoms with E-state index in [1.165, 1.54) is 0 Å². The molecule has 0 aromatic heterocycles. The Morgan fingerprint density at radius 1 is 1.38 bits per heavy atom. The molecule has 0 fully saturated rings. The van der Waals surface area contributed by atoms with Gasteiger partial charge in [-0.15, -0.1) is 0 Å². The third-order valence-corrected chi connectivity index (χ3v) is 3.42. The summed E-state index contributed by atoms with van der Waals surface area (Å²) in [6.45, 7) is 0.634. The number of nitrogens with one attached hydrogen (secondary N) is 2. The molecule has 0 radical (unpaired) electrons. The van der Waals surface area contributed by atoms with Gasteiger partial charge in [-0.05, 0) is 12.1 Å². The van der Waals surface area contributed by atoms with E-state index in [0.29, 0.717) is 18.3 Å². The second-order valence-corrected chi connectivity index (χ2v) is 4.68. The predicted octanol–water partition coefficient (Wildman–Crippen LogP) is 0.589. The zero-order valence-electron chi connectivity index (χ0n) is 9.56. The molecule has 0 aliphatic rings. The molecule has 16 heavy (non-hydrogen) atoms. The first-order valence-corrected chi connectivity index (χ1v) is 6.41. The Morgan fingerprint density at radius 2 is 2.06 bits per heavy atom. The van der Waals surface area contributed by atoms with Crippen LogP contribution in [0.4, 0.5) is 0 Å². The van der Waals surface area contributed by atoms with Gasteiger partial charge in [-0.2, -0.15) is 0 Å². The van der Waals surface area contributed by atoms with E-state index in [9.17, 15) is 4.21 Å². The van der Waals surface area contributed by atoms with Gasteiger partial charge in [0.05, 0.1) is 10.8 Å². The highest BCUT2D eigenvalue weighted by Gasteiger charge is 2.02. The number of hydrogen-bond donors (Lipinski definition) is 2. The Balaban J connectivity index is 2.37. The molecule has 0 aliphatic heterocycles. The predicted molar refractivity (Wildman–Crippen MR) is 68.1 cm³/mol. The highest BCUT2D eigenvalue weighted by molar-refractivity contribution is 7.85. The van der Waals surface area contributed by atoms with Crippen LogP contribution in [-0.2, 0) is 10.8 Å². The minimum Gasteiger partial charge on any atom is -0.359 e. The van der Waals surface area contributed by atoms with E-state index >= 15 is 0 Å². The molecular weight excluding hydrogens is 222 g/mol. The van der Waals surface area contributed by atoms with Crippen LogP contribution in [0, 0.1) is 0 Å². The van der Waals surface area contributed by atoms with Crippen molar-refractivity contribution < 1.29 is 4.21 Å². The van der Waals surface area contributed by atoms with E-state index in [4.69, 9.17) is 0 Å². The molecule has 0 saturated heterocycles. The second kappa shape index (κ2) is 7.00. The van der Waals surface area contributed by atoms with Crippen molar-refractivity contribution in [3.05, 3.63) is 30.3 Å². The van der Waals surface area contributed by atoms with Gasteiger partial charge in [-0.1, -0.05) is 18.2 Å². The lowest BCUT2D eigenvalue weighted by Crippen LogP contribution is -2.36. The Kier molecular flexibility index (Phi) is 5.56. The van der Waals surface area contributed by atoms with Gasteiger partial charge >= 0.3 is 0 Å². The smallest absolute Gasteiger partial charge is 0.190 e. The zero-order valence-corrected chi connectivity index (χ0v) is 10.4. The summed E-state index contributed by atoms with van der Waals surface area (Å²) in [5, 5.41) is 5.97. The fraction of sp³-hybridized carbons (Fsp3) is 0.364. The van der Waals surface area contributed by atoms with E-state index in [0.717, 1.165) is 4.90 Å². The number of guanidine groups is 1. The molecule has 1 aromatic carbocycles. The molecule has 0 heterocycles. The highest BCUT2D eigenvalue weighted by Crippen LogP contribution is 2.04. The van der Waals surface area contributed by atoms with Crippen LogP contribution in [0.1, 0.15) is 0 Å². The van der Waals surface area contributed by atoms with Gasteiger partial charge in [-0.25, -0.2) is 0 Å². The lowest BCUT2D eigenvalue weighted by atomic mass is 10.4. The summed E-state index contributed by atoms with van der Waals surface area (Å²) in [6, 6.07) is 9.47. The summed E-state index contributed by atoms with van der Waals surface area (Å²) in [5.74, 6) is 1.29. The molecule has 0 aliphatic carbocycles. The lowest BCUT2D eigenvalue weighted by molar-refractivity contribution is 0.681. The Hall–Kier alpha value is -1.36. The first-order valence-electron chi connectivity index (χ1n) is 5.09. The summed E-state index contributed by atoms with van der Waals surface area (Å²) < 4.78 is 11.8. The largest absolute Gasteiger partial charge is 0.359 e. The van der Waals surface area contributed by atoms with E-state index in [2.05, 4.69) is 15.6 Å². The van der Waals surface area contributed by atoms with Crippen molar-refractivity contribution in [2.45, 2.75) is 4.90 Å². The van der Waals surface area contributed by atoms with Crippen LogP contribution < -0.4 is 10.6 Å². The van der Waals surface area contributed by atoms with Crippen molar-refractivity contribution in [2.24, 2.45) is 4.99 Å². The molecule has 0 bridgehead atoms. The zero-order chi connectivity index (χ0) is 11.8. The van der Waals surface area contributed by atoms with Crippen LogP contribution in [0.15, 0.2) is 40.2 Å². The molecule has 1 unspecified atom stereocenters. The van der Waals surface area contributed by atoms with Gasteiger partial charge in [0.1, 0.15) is 0 Å². The minimum absolute atomic E-state index is 0.574. The van der Waals surface area contributed by atoms with Crippen LogP contribution in [0.5, 0.6) is 0 Å². The summed E-state index contributed by atoms with van der Waals surface area (Å²) in [5.41, 5.74) is 0. The Labute approximate surface area is 98.6 Å². The van der Waals surface area contributed by atoms with Crippen molar-refractivity contribution >= 4 is 16.8 Å². The average Bonchev–Trinajstić information content (AvgIpc) is 2.35. The molecule has 1 atom stereocenters. The third kappa shape index (κ3) is 4.02. The van der Waals surface area contributed by atoms with E-state index in [-0.39, 0.29) is 0 Å². The second-order valence-electron chi connectivity index (χ2n) is 3.11. The van der Waals surface area contributed by atoms with Crippen molar-refractivity contribution in [3.8, 4) is 0 Å². The first kappa shape index (κ1) is 12.7. The van der Waals surface area contributed by atoms with Crippen LogP contribution in [-0.4, -0.2) is 36.6 Å². The van der Waals surface area contributed by atoms with Crippen molar-refractivity contribution in [3.63, 3.8) is 0 Å². The topological polar surface area (TPSA) is 53.5 Å². The molecular formula is C11H17N3OS. The van der Waals surface area contributed by atoms with Crippen molar-refractivity contribution in [2.75, 3.05) is 26.4 Å². The summed E-state index contributed by atoms with van der Waals surface area (Å²) in [7, 11) is 2.55. The van der Waals surface area contributed by atoms with Gasteiger partial charge in [0.2, 0.25) is 0 Å². The van der Waals surface area contributed by atoms with E-state index in [1.807, 2.05) is 30.3 Å². The van der Waals surface area contributed by atoms with Crippen LogP contribution >= 0.6 is 0 Å². The fourth-order valence-corrected chi connectivity index (χ4v) is 2.22. The molecule has 1 aromatic rings. The SMILES string of the molecule is CN=C(NC)NCCS(=O)c1ccccc1. The quantitative estimate of drug-likeness (QED) is 0.597. The Morgan fingerprint density at radius 3 is 2.62 bits per heavy atom. The number of nitrogens with zero attached hydrogens (tertiary/aromatic N) is 1. The lowest BCUT2D eigenvalue weighted by Gasteiger charge is -2.07. The summed E-state index contributed by atoms with van der Waals surface area (Å²) >= 11 is 0. The van der Waals surface area contributed by atoms with E-state index in [1.54, 1.807) is 14.1 Å². The average molecular weight is 239 g/mol. The molecule has 0 spiro atoms. The van der Waals surface area contributed by atoms with Gasteiger partial charge in [0.15, 0.2) is 5.96 Å². The molecule has 88 valence electrons. The normalized spacial score (nSPS) is 13.2. The maximum absolute atomic E-state index is 11.8. The van der Waals surface area contributed by atoms with Gasteiger partial charge < -0.3 is 10.6 Å². The number of rotatable bonds is 4. The number of benzene rings is 1. The monoisotopic (exact) mass is 239 g/mol. The minimum atomic E-state index is -0.949. The van der Waals surface area contributed by atoms with Crippen molar-refractivity contribution in [1.82, 2.24) is 10.6 Å². The summed E-state index contributed by atoms with van der Waals surface area (Å²) in [6.07, 6.45) is 0. The highest BCUT2D eigenvalue weighted by atomic mass is 32.2. The summed E-state index contributed by atoms with van der Waals surface area (Å²) in [4.78, 5) is 4.84. The molecule has 0 saturated carbocycles. The molecule has 2 N–H and O–H groups in total. The van der Waals surface area contributed by atoms with Crippen molar-refractivity contribution in [1.29, 1.82) is 0 Å². The number of hydrogen-bond acceptors (Lipinski definition) is 2. The molecule has 0 amide bonds. The third-order valence-electron chi connectivity index (χ3n) is 2.05. The van der Waals surface area contributed by atoms with Gasteiger partial charge in [0, 0.05) is 31.3 Å². The van der Waals surface area contributed by atoms with Gasteiger partial charge in [0.25, 0.3) is 0 Å². The van der Waals surface area contributed by atoms with Gasteiger partial charge in [-0.3, -0.25) is 9.20 Å². The van der Waals surface area contributed by atoms with Crippen LogP contribution in [0.3, 0.4) is 0 Å². The molecule has 5 heteroatoms. The number of aliphatic imine (C=N–C) groups is 1. The molecule has 1 rings (SSSR count).